The van der Waals surface area contributed by atoms with E-state index in [0.717, 1.165) is 5.75 Å². The number of methoxy groups -OCH3 is 1. The summed E-state index contributed by atoms with van der Waals surface area (Å²) in [5.74, 6) is 0.770. The largest absolute Gasteiger partial charge is 0.497 e. The maximum absolute atomic E-state index is 5.40. The molecule has 0 amide bonds. The Morgan fingerprint density at radius 3 is 2.89 bits per heavy atom. The molecule has 0 aliphatic heterocycles. The highest BCUT2D eigenvalue weighted by Crippen LogP contribution is 2.12. The van der Waals surface area contributed by atoms with Gasteiger partial charge in [0.15, 0.2) is 0 Å². The fraction of sp³-hybridized carbons (Fsp3) is 0.143. The highest BCUT2D eigenvalue weighted by Gasteiger charge is 1.87. The van der Waals surface area contributed by atoms with Gasteiger partial charge in [0, 0.05) is 17.8 Å². The van der Waals surface area contributed by atoms with E-state index in [0.29, 0.717) is 5.69 Å². The third kappa shape index (κ3) is 1.35. The lowest BCUT2D eigenvalue weighted by molar-refractivity contribution is 0.415. The first-order valence-electron chi connectivity index (χ1n) is 2.64. The first kappa shape index (κ1) is 5.95. The topological polar surface area (TPSA) is 35.2 Å². The highest BCUT2D eigenvalue weighted by molar-refractivity contribution is 5.42. The fourth-order valence-corrected chi connectivity index (χ4v) is 0.590. The molecule has 9 heavy (non-hydrogen) atoms. The van der Waals surface area contributed by atoms with Crippen molar-refractivity contribution in [1.82, 2.24) is 0 Å². The second-order valence-corrected chi connectivity index (χ2v) is 1.68. The van der Waals surface area contributed by atoms with Crippen LogP contribution in [0.1, 0.15) is 0 Å². The van der Waals surface area contributed by atoms with Crippen molar-refractivity contribution in [3.05, 3.63) is 24.3 Å². The minimum Gasteiger partial charge on any atom is -0.497 e. The monoisotopic (exact) mass is 122 g/mol. The van der Waals surface area contributed by atoms with Gasteiger partial charge in [-0.2, -0.15) is 0 Å². The zero-order valence-corrected chi connectivity index (χ0v) is 5.22. The van der Waals surface area contributed by atoms with E-state index in [4.69, 9.17) is 10.5 Å². The number of rotatable bonds is 1. The molecule has 0 heterocycles. The summed E-state index contributed by atoms with van der Waals surface area (Å²) in [5, 5.41) is 0. The molecule has 0 atom stereocenters. The maximum atomic E-state index is 5.40. The molecule has 0 unspecified atom stereocenters. The summed E-state index contributed by atoms with van der Waals surface area (Å²) in [7, 11) is 1.61. The van der Waals surface area contributed by atoms with E-state index in [1.165, 1.54) is 0 Å². The summed E-state index contributed by atoms with van der Waals surface area (Å²) in [5.41, 5.74) is 6.00. The van der Waals surface area contributed by atoms with Crippen LogP contribution in [0.15, 0.2) is 18.2 Å². The van der Waals surface area contributed by atoms with Crippen LogP contribution < -0.4 is 10.5 Å². The van der Waals surface area contributed by atoms with E-state index >= 15 is 0 Å². The summed E-state index contributed by atoms with van der Waals surface area (Å²) in [6, 6.07) is 8.06. The second kappa shape index (κ2) is 2.40. The van der Waals surface area contributed by atoms with Crippen molar-refractivity contribution in [2.75, 3.05) is 12.8 Å². The van der Waals surface area contributed by atoms with Gasteiger partial charge in [0.1, 0.15) is 5.75 Å². The van der Waals surface area contributed by atoms with Gasteiger partial charge in [-0.15, -0.1) is 0 Å². The van der Waals surface area contributed by atoms with Crippen LogP contribution in [-0.4, -0.2) is 7.11 Å². The van der Waals surface area contributed by atoms with Gasteiger partial charge in [-0.3, -0.25) is 0 Å². The molecule has 1 radical (unpaired) electrons. The van der Waals surface area contributed by atoms with Crippen molar-refractivity contribution < 1.29 is 4.74 Å². The van der Waals surface area contributed by atoms with Crippen LogP contribution >= 0.6 is 0 Å². The van der Waals surface area contributed by atoms with E-state index in [2.05, 4.69) is 6.07 Å². The lowest BCUT2D eigenvalue weighted by Crippen LogP contribution is -1.86. The lowest BCUT2D eigenvalue weighted by Gasteiger charge is -1.97. The molecular weight excluding hydrogens is 114 g/mol. The Kier molecular flexibility index (Phi) is 1.58. The summed E-state index contributed by atoms with van der Waals surface area (Å²) in [6.07, 6.45) is 0. The number of hydrogen-bond acceptors (Lipinski definition) is 2. The van der Waals surface area contributed by atoms with Crippen molar-refractivity contribution in [2.24, 2.45) is 0 Å². The molecule has 0 saturated carbocycles. The van der Waals surface area contributed by atoms with Gasteiger partial charge in [-0.25, -0.2) is 0 Å². The summed E-state index contributed by atoms with van der Waals surface area (Å²) in [4.78, 5) is 0. The van der Waals surface area contributed by atoms with Crippen LogP contribution in [0.3, 0.4) is 0 Å². The Bertz CT molecular complexity index is 198. The molecule has 2 N–H and O–H groups in total. The van der Waals surface area contributed by atoms with Gasteiger partial charge >= 0.3 is 0 Å². The lowest BCUT2D eigenvalue weighted by atomic mass is 10.3. The number of nitrogens with two attached hydrogens (primary N) is 1. The Morgan fingerprint density at radius 2 is 2.44 bits per heavy atom. The molecule has 2 nitrogen and oxygen atoms in total. The van der Waals surface area contributed by atoms with Crippen molar-refractivity contribution in [3.8, 4) is 5.75 Å². The van der Waals surface area contributed by atoms with Gasteiger partial charge < -0.3 is 10.5 Å². The zero-order chi connectivity index (χ0) is 6.69. The third-order valence-corrected chi connectivity index (χ3v) is 1.03. The van der Waals surface area contributed by atoms with E-state index < -0.39 is 0 Å². The van der Waals surface area contributed by atoms with E-state index in [1.807, 2.05) is 0 Å². The number of anilines is 1. The van der Waals surface area contributed by atoms with E-state index in [9.17, 15) is 0 Å². The summed E-state index contributed by atoms with van der Waals surface area (Å²) < 4.78 is 4.89. The average Bonchev–Trinajstić information content (AvgIpc) is 1.88. The molecule has 1 aromatic carbocycles. The number of hydrogen-bond donors (Lipinski definition) is 1. The third-order valence-electron chi connectivity index (χ3n) is 1.03. The Balaban J connectivity index is 2.94. The predicted octanol–water partition coefficient (Wildman–Crippen LogP) is 1.08. The van der Waals surface area contributed by atoms with Gasteiger partial charge in [-0.05, 0) is 12.1 Å². The van der Waals surface area contributed by atoms with Crippen LogP contribution in [0.4, 0.5) is 5.69 Å². The molecular formula is C7H8NO. The molecule has 0 spiro atoms. The molecule has 0 fully saturated rings. The predicted molar refractivity (Wildman–Crippen MR) is 36.2 cm³/mol. The van der Waals surface area contributed by atoms with Gasteiger partial charge in [0.05, 0.1) is 7.11 Å². The van der Waals surface area contributed by atoms with E-state index in [1.54, 1.807) is 25.3 Å². The molecule has 0 bridgehead atoms. The van der Waals surface area contributed by atoms with Crippen molar-refractivity contribution >= 4 is 5.69 Å². The normalized spacial score (nSPS) is 9.00. The molecule has 0 aliphatic rings. The molecule has 2 heteroatoms. The van der Waals surface area contributed by atoms with Crippen LogP contribution in [0.5, 0.6) is 5.75 Å². The number of nitrogen functional groups attached to an aromatic ring is 1. The molecule has 47 valence electrons. The highest BCUT2D eigenvalue weighted by atomic mass is 16.5. The average molecular weight is 122 g/mol. The van der Waals surface area contributed by atoms with Crippen LogP contribution in [-0.2, 0) is 0 Å². The summed E-state index contributed by atoms with van der Waals surface area (Å²) >= 11 is 0. The van der Waals surface area contributed by atoms with Gasteiger partial charge in [0.2, 0.25) is 0 Å². The Hall–Kier alpha value is -1.18. The first-order valence-corrected chi connectivity index (χ1v) is 2.64. The van der Waals surface area contributed by atoms with E-state index in [-0.39, 0.29) is 0 Å². The molecule has 1 aromatic rings. The van der Waals surface area contributed by atoms with Gasteiger partial charge in [-0.1, -0.05) is 0 Å². The minimum atomic E-state index is 0.606. The molecule has 0 aromatic heterocycles. The second-order valence-electron chi connectivity index (χ2n) is 1.68. The fourth-order valence-electron chi connectivity index (χ4n) is 0.590. The van der Waals surface area contributed by atoms with Crippen molar-refractivity contribution in [2.45, 2.75) is 0 Å². The molecule has 1 rings (SSSR count). The minimum absolute atomic E-state index is 0.606. The van der Waals surface area contributed by atoms with Crippen LogP contribution in [0.25, 0.3) is 0 Å². The van der Waals surface area contributed by atoms with Crippen molar-refractivity contribution in [1.29, 1.82) is 0 Å². The summed E-state index contributed by atoms with van der Waals surface area (Å²) in [6.45, 7) is 0. The first-order chi connectivity index (χ1) is 4.33. The SMILES string of the molecule is COc1cc[c]c(N)c1. The number of benzene rings is 1. The molecule has 0 aliphatic carbocycles. The quantitative estimate of drug-likeness (QED) is 0.565. The van der Waals surface area contributed by atoms with Gasteiger partial charge in [0.25, 0.3) is 0 Å². The van der Waals surface area contributed by atoms with Crippen LogP contribution in [0.2, 0.25) is 0 Å². The smallest absolute Gasteiger partial charge is 0.120 e. The maximum Gasteiger partial charge on any atom is 0.120 e. The number of ether oxygens (including phenoxy) is 1. The zero-order valence-electron chi connectivity index (χ0n) is 5.22. The standard InChI is InChI=1S/C7H8NO/c1-9-7-4-2-3-6(8)5-7/h2,4-5H,8H2,1H3. The van der Waals surface area contributed by atoms with Crippen LogP contribution in [0, 0.1) is 6.07 Å². The Labute approximate surface area is 54.2 Å². The van der Waals surface area contributed by atoms with Crippen molar-refractivity contribution in [3.63, 3.8) is 0 Å². The Morgan fingerprint density at radius 1 is 1.67 bits per heavy atom. The molecule has 0 saturated heterocycles.